The van der Waals surface area contributed by atoms with Gasteiger partial charge in [-0.15, -0.1) is 22.7 Å². The quantitative estimate of drug-likeness (QED) is 0.685. The minimum absolute atomic E-state index is 0.0970. The summed E-state index contributed by atoms with van der Waals surface area (Å²) in [5, 5.41) is 7.01. The molecule has 6 nitrogen and oxygen atoms in total. The highest BCUT2D eigenvalue weighted by molar-refractivity contribution is 7.22. The van der Waals surface area contributed by atoms with Crippen molar-refractivity contribution in [3.63, 3.8) is 0 Å². The molecule has 26 heavy (non-hydrogen) atoms. The number of amides is 1. The van der Waals surface area contributed by atoms with Gasteiger partial charge in [-0.05, 0) is 25.3 Å². The molecule has 3 aromatic heterocycles. The Morgan fingerprint density at radius 2 is 2.08 bits per heavy atom. The van der Waals surface area contributed by atoms with Crippen LogP contribution in [-0.2, 0) is 6.54 Å². The highest BCUT2D eigenvalue weighted by atomic mass is 32.1. The molecular weight excluding hydrogens is 368 g/mol. The van der Waals surface area contributed by atoms with Crippen LogP contribution in [0.3, 0.4) is 0 Å². The number of thiophene rings is 1. The average Bonchev–Trinajstić information content (AvgIpc) is 3.36. The molecule has 1 saturated heterocycles. The maximum atomic E-state index is 12.9. The Kier molecular flexibility index (Phi) is 4.88. The van der Waals surface area contributed by atoms with Crippen molar-refractivity contribution >= 4 is 28.6 Å². The summed E-state index contributed by atoms with van der Waals surface area (Å²) in [5.41, 5.74) is 1.77. The minimum atomic E-state index is 0.0970. The van der Waals surface area contributed by atoms with Gasteiger partial charge in [-0.2, -0.15) is 0 Å². The maximum Gasteiger partial charge on any atom is 0.265 e. The highest BCUT2D eigenvalue weighted by Crippen LogP contribution is 2.31. The van der Waals surface area contributed by atoms with E-state index in [2.05, 4.69) is 15.0 Å². The van der Waals surface area contributed by atoms with Crippen LogP contribution in [0.5, 0.6) is 0 Å². The Hall–Kier alpha value is -2.03. The molecule has 136 valence electrons. The van der Waals surface area contributed by atoms with E-state index in [-0.39, 0.29) is 5.91 Å². The lowest BCUT2D eigenvalue weighted by Gasteiger charge is -2.34. The van der Waals surface area contributed by atoms with Gasteiger partial charge in [0.2, 0.25) is 0 Å². The first-order valence-electron chi connectivity index (χ1n) is 8.55. The molecule has 0 atom stereocenters. The van der Waals surface area contributed by atoms with Gasteiger partial charge in [-0.3, -0.25) is 9.69 Å². The number of hydrogen-bond acceptors (Lipinski definition) is 7. The second-order valence-corrected chi connectivity index (χ2v) is 8.35. The Morgan fingerprint density at radius 3 is 2.73 bits per heavy atom. The molecule has 0 aliphatic carbocycles. The summed E-state index contributed by atoms with van der Waals surface area (Å²) in [6.45, 7) is 7.71. The Balaban J connectivity index is 1.39. The third kappa shape index (κ3) is 3.58. The van der Waals surface area contributed by atoms with Crippen LogP contribution in [0.1, 0.15) is 26.8 Å². The number of rotatable bonds is 4. The van der Waals surface area contributed by atoms with E-state index in [1.165, 1.54) is 11.3 Å². The zero-order valence-corrected chi connectivity index (χ0v) is 16.4. The first kappa shape index (κ1) is 17.4. The molecule has 0 spiro atoms. The predicted octanol–water partition coefficient (Wildman–Crippen LogP) is 3.43. The van der Waals surface area contributed by atoms with Crippen molar-refractivity contribution in [3.05, 3.63) is 45.6 Å². The number of carbonyl (C=O) groups excluding carboxylic acids is 1. The Bertz CT molecular complexity index is 892. The Morgan fingerprint density at radius 1 is 1.27 bits per heavy atom. The van der Waals surface area contributed by atoms with Gasteiger partial charge in [0, 0.05) is 38.8 Å². The van der Waals surface area contributed by atoms with Crippen molar-refractivity contribution in [2.45, 2.75) is 20.4 Å². The van der Waals surface area contributed by atoms with Crippen LogP contribution in [0.15, 0.2) is 28.1 Å². The van der Waals surface area contributed by atoms with Crippen molar-refractivity contribution in [1.29, 1.82) is 0 Å². The van der Waals surface area contributed by atoms with Gasteiger partial charge >= 0.3 is 0 Å². The summed E-state index contributed by atoms with van der Waals surface area (Å²) in [7, 11) is 0. The fourth-order valence-corrected chi connectivity index (χ4v) is 4.91. The van der Waals surface area contributed by atoms with Crippen molar-refractivity contribution in [1.82, 2.24) is 19.9 Å². The van der Waals surface area contributed by atoms with Gasteiger partial charge in [0.25, 0.3) is 5.91 Å². The summed E-state index contributed by atoms with van der Waals surface area (Å²) in [4.78, 5) is 23.6. The zero-order chi connectivity index (χ0) is 18.1. The number of aromatic nitrogens is 2. The van der Waals surface area contributed by atoms with Crippen LogP contribution in [0.4, 0.5) is 0 Å². The third-order valence-electron chi connectivity index (χ3n) is 4.44. The molecule has 4 heterocycles. The summed E-state index contributed by atoms with van der Waals surface area (Å²) in [6.07, 6.45) is 0. The topological polar surface area (TPSA) is 62.5 Å². The van der Waals surface area contributed by atoms with Crippen molar-refractivity contribution < 1.29 is 9.32 Å². The van der Waals surface area contributed by atoms with Gasteiger partial charge in [0.1, 0.15) is 15.6 Å². The van der Waals surface area contributed by atoms with Gasteiger partial charge in [-0.25, -0.2) is 4.98 Å². The van der Waals surface area contributed by atoms with E-state index in [9.17, 15) is 4.79 Å². The van der Waals surface area contributed by atoms with E-state index in [4.69, 9.17) is 4.52 Å². The predicted molar refractivity (Wildman–Crippen MR) is 103 cm³/mol. The molecule has 1 aliphatic rings. The van der Waals surface area contributed by atoms with Crippen LogP contribution in [0.2, 0.25) is 0 Å². The highest BCUT2D eigenvalue weighted by Gasteiger charge is 2.26. The third-order valence-corrected chi connectivity index (χ3v) is 6.63. The molecule has 0 bridgehead atoms. The lowest BCUT2D eigenvalue weighted by Crippen LogP contribution is -2.48. The molecule has 1 amide bonds. The summed E-state index contributed by atoms with van der Waals surface area (Å²) in [5.74, 6) is 0.927. The monoisotopic (exact) mass is 388 g/mol. The van der Waals surface area contributed by atoms with Gasteiger partial charge in [-0.1, -0.05) is 11.2 Å². The first-order valence-corrected chi connectivity index (χ1v) is 10.2. The van der Waals surface area contributed by atoms with E-state index in [0.717, 1.165) is 64.6 Å². The number of carbonyl (C=O) groups is 1. The van der Waals surface area contributed by atoms with Crippen molar-refractivity contribution in [3.8, 4) is 9.88 Å². The number of piperazine rings is 1. The smallest absolute Gasteiger partial charge is 0.265 e. The molecule has 1 fully saturated rings. The summed E-state index contributed by atoms with van der Waals surface area (Å²) in [6, 6.07) is 6.01. The van der Waals surface area contributed by atoms with E-state index in [1.54, 1.807) is 11.3 Å². The maximum absolute atomic E-state index is 12.9. The minimum Gasteiger partial charge on any atom is -0.361 e. The fourth-order valence-electron chi connectivity index (χ4n) is 3.07. The van der Waals surface area contributed by atoms with E-state index >= 15 is 0 Å². The number of hydrogen-bond donors (Lipinski definition) is 0. The largest absolute Gasteiger partial charge is 0.361 e. The summed E-state index contributed by atoms with van der Waals surface area (Å²) < 4.78 is 5.12. The molecule has 0 aromatic carbocycles. The summed E-state index contributed by atoms with van der Waals surface area (Å²) >= 11 is 3.15. The molecule has 1 aliphatic heterocycles. The molecule has 0 saturated carbocycles. The number of nitrogens with zero attached hydrogens (tertiary/aromatic N) is 4. The van der Waals surface area contributed by atoms with E-state index in [0.29, 0.717) is 0 Å². The van der Waals surface area contributed by atoms with Crippen molar-refractivity contribution in [2.75, 3.05) is 26.2 Å². The molecule has 8 heteroatoms. The normalized spacial score (nSPS) is 15.5. The van der Waals surface area contributed by atoms with E-state index in [1.807, 2.05) is 42.3 Å². The lowest BCUT2D eigenvalue weighted by atomic mass is 10.2. The number of thiazole rings is 1. The second-order valence-electron chi connectivity index (χ2n) is 6.41. The first-order chi connectivity index (χ1) is 12.6. The average molecular weight is 389 g/mol. The molecule has 3 aromatic rings. The molecular formula is C18H20N4O2S2. The molecule has 0 radical (unpaired) electrons. The SMILES string of the molecule is Cc1cc(CN2CCN(C(=O)c3sc(-c4cccs4)nc3C)CC2)no1. The van der Waals surface area contributed by atoms with Crippen LogP contribution in [-0.4, -0.2) is 52.0 Å². The Labute approximate surface area is 160 Å². The van der Waals surface area contributed by atoms with Gasteiger partial charge in [0.15, 0.2) is 0 Å². The molecule has 0 N–H and O–H groups in total. The second kappa shape index (κ2) is 7.30. The van der Waals surface area contributed by atoms with Crippen LogP contribution in [0, 0.1) is 13.8 Å². The standard InChI is InChI=1S/C18H20N4O2S2/c1-12-10-14(20-24-12)11-21-5-7-22(8-6-21)18(23)16-13(2)19-17(26-16)15-4-3-9-25-15/h3-4,9-10H,5-8,11H2,1-2H3. The fraction of sp³-hybridized carbons (Fsp3) is 0.389. The van der Waals surface area contributed by atoms with Gasteiger partial charge in [0.05, 0.1) is 16.3 Å². The van der Waals surface area contributed by atoms with Crippen LogP contribution < -0.4 is 0 Å². The lowest BCUT2D eigenvalue weighted by molar-refractivity contribution is 0.0629. The molecule has 0 unspecified atom stereocenters. The van der Waals surface area contributed by atoms with E-state index < -0.39 is 0 Å². The van der Waals surface area contributed by atoms with Gasteiger partial charge < -0.3 is 9.42 Å². The van der Waals surface area contributed by atoms with Crippen LogP contribution >= 0.6 is 22.7 Å². The van der Waals surface area contributed by atoms with Crippen molar-refractivity contribution in [2.24, 2.45) is 0 Å². The molecule has 4 rings (SSSR count). The zero-order valence-electron chi connectivity index (χ0n) is 14.8. The number of aryl methyl sites for hydroxylation is 2. The van der Waals surface area contributed by atoms with Crippen LogP contribution in [0.25, 0.3) is 9.88 Å².